The van der Waals surface area contributed by atoms with Gasteiger partial charge < -0.3 is 9.64 Å². The number of hydrogen-bond acceptors (Lipinski definition) is 4. The van der Waals surface area contributed by atoms with Crippen molar-refractivity contribution < 1.29 is 14.3 Å². The van der Waals surface area contributed by atoms with E-state index in [1.807, 2.05) is 24.4 Å². The molecule has 0 spiro atoms. The fraction of sp³-hybridized carbons (Fsp3) is 0.538. The largest absolute Gasteiger partial charge is 0.469 e. The molecule has 0 aliphatic carbocycles. The molecule has 1 rings (SSSR count). The molecule has 0 radical (unpaired) electrons. The van der Waals surface area contributed by atoms with Gasteiger partial charge in [-0.25, -0.2) is 0 Å². The van der Waals surface area contributed by atoms with Crippen LogP contribution in [0.5, 0.6) is 0 Å². The van der Waals surface area contributed by atoms with Crippen LogP contribution in [0.2, 0.25) is 0 Å². The number of likely N-dealkylation sites (N-methyl/N-ethyl adjacent to an activating group) is 1. The van der Waals surface area contributed by atoms with Crippen LogP contribution in [0, 0.1) is 5.92 Å². The first-order chi connectivity index (χ1) is 8.58. The molecule has 0 aliphatic rings. The third-order valence-electron chi connectivity index (χ3n) is 2.74. The SMILES string of the molecule is CCN(CC(C)C(=O)OC)C(=O)Cc1cccs1. The van der Waals surface area contributed by atoms with Crippen molar-refractivity contribution >= 4 is 23.2 Å². The highest BCUT2D eigenvalue weighted by Gasteiger charge is 2.20. The minimum Gasteiger partial charge on any atom is -0.469 e. The van der Waals surface area contributed by atoms with Crippen LogP contribution in [0.25, 0.3) is 0 Å². The van der Waals surface area contributed by atoms with Crippen molar-refractivity contribution in [1.82, 2.24) is 4.90 Å². The summed E-state index contributed by atoms with van der Waals surface area (Å²) in [5.41, 5.74) is 0. The van der Waals surface area contributed by atoms with Crippen LogP contribution in [0.4, 0.5) is 0 Å². The maximum absolute atomic E-state index is 12.1. The molecule has 4 nitrogen and oxygen atoms in total. The Kier molecular flexibility index (Phi) is 5.85. The molecule has 1 unspecified atom stereocenters. The first-order valence-electron chi connectivity index (χ1n) is 5.96. The van der Waals surface area contributed by atoms with E-state index in [2.05, 4.69) is 4.74 Å². The second-order valence-electron chi connectivity index (χ2n) is 4.11. The molecular formula is C13H19NO3S. The first-order valence-corrected chi connectivity index (χ1v) is 6.84. The van der Waals surface area contributed by atoms with Crippen LogP contribution in [-0.4, -0.2) is 37.0 Å². The lowest BCUT2D eigenvalue weighted by Crippen LogP contribution is -2.37. The van der Waals surface area contributed by atoms with Crippen molar-refractivity contribution in [2.24, 2.45) is 5.92 Å². The summed E-state index contributed by atoms with van der Waals surface area (Å²) in [6, 6.07) is 3.88. The summed E-state index contributed by atoms with van der Waals surface area (Å²) in [4.78, 5) is 26.2. The number of amides is 1. The Morgan fingerprint density at radius 3 is 2.72 bits per heavy atom. The Morgan fingerprint density at radius 2 is 2.22 bits per heavy atom. The molecule has 1 aromatic rings. The van der Waals surface area contributed by atoms with Gasteiger partial charge in [-0.15, -0.1) is 11.3 Å². The summed E-state index contributed by atoms with van der Waals surface area (Å²) >= 11 is 1.57. The van der Waals surface area contributed by atoms with Gasteiger partial charge in [0.1, 0.15) is 0 Å². The van der Waals surface area contributed by atoms with E-state index in [1.54, 1.807) is 23.2 Å². The van der Waals surface area contributed by atoms with Crippen molar-refractivity contribution in [3.63, 3.8) is 0 Å². The van der Waals surface area contributed by atoms with Gasteiger partial charge in [-0.3, -0.25) is 9.59 Å². The predicted molar refractivity (Wildman–Crippen MR) is 71.5 cm³/mol. The number of thiophene rings is 1. The lowest BCUT2D eigenvalue weighted by atomic mass is 10.1. The number of esters is 1. The van der Waals surface area contributed by atoms with Crippen LogP contribution >= 0.6 is 11.3 Å². The normalized spacial score (nSPS) is 11.9. The van der Waals surface area contributed by atoms with Gasteiger partial charge in [0.15, 0.2) is 0 Å². The van der Waals surface area contributed by atoms with E-state index in [-0.39, 0.29) is 17.8 Å². The van der Waals surface area contributed by atoms with Gasteiger partial charge >= 0.3 is 5.97 Å². The molecular weight excluding hydrogens is 250 g/mol. The molecule has 0 aromatic carbocycles. The molecule has 1 atom stereocenters. The van der Waals surface area contributed by atoms with Crippen LogP contribution in [-0.2, 0) is 20.7 Å². The molecule has 0 saturated heterocycles. The molecule has 1 amide bonds. The van der Waals surface area contributed by atoms with Gasteiger partial charge in [-0.05, 0) is 18.4 Å². The lowest BCUT2D eigenvalue weighted by Gasteiger charge is -2.23. The summed E-state index contributed by atoms with van der Waals surface area (Å²) in [6.45, 7) is 4.70. The first kappa shape index (κ1) is 14.7. The van der Waals surface area contributed by atoms with Gasteiger partial charge in [0.25, 0.3) is 0 Å². The van der Waals surface area contributed by atoms with Crippen molar-refractivity contribution in [2.75, 3.05) is 20.2 Å². The van der Waals surface area contributed by atoms with E-state index in [1.165, 1.54) is 7.11 Å². The van der Waals surface area contributed by atoms with Crippen molar-refractivity contribution in [2.45, 2.75) is 20.3 Å². The molecule has 0 saturated carbocycles. The fourth-order valence-corrected chi connectivity index (χ4v) is 2.38. The smallest absolute Gasteiger partial charge is 0.310 e. The Hall–Kier alpha value is -1.36. The maximum atomic E-state index is 12.1. The average molecular weight is 269 g/mol. The molecule has 1 heterocycles. The molecule has 0 fully saturated rings. The van der Waals surface area contributed by atoms with E-state index in [4.69, 9.17) is 0 Å². The zero-order valence-corrected chi connectivity index (χ0v) is 11.8. The molecule has 18 heavy (non-hydrogen) atoms. The van der Waals surface area contributed by atoms with Gasteiger partial charge in [0.2, 0.25) is 5.91 Å². The highest BCUT2D eigenvalue weighted by Crippen LogP contribution is 2.11. The lowest BCUT2D eigenvalue weighted by molar-refractivity contribution is -0.146. The Balaban J connectivity index is 2.55. The standard InChI is InChI=1S/C13H19NO3S/c1-4-14(9-10(2)13(16)17-3)12(15)8-11-6-5-7-18-11/h5-7,10H,4,8-9H2,1-3H3. The van der Waals surface area contributed by atoms with Crippen molar-refractivity contribution in [3.05, 3.63) is 22.4 Å². The number of carbonyl (C=O) groups excluding carboxylic acids is 2. The van der Waals surface area contributed by atoms with E-state index in [0.29, 0.717) is 19.5 Å². The summed E-state index contributed by atoms with van der Waals surface area (Å²) in [7, 11) is 1.36. The number of ether oxygens (including phenoxy) is 1. The Bertz CT molecular complexity index is 389. The Morgan fingerprint density at radius 1 is 1.50 bits per heavy atom. The monoisotopic (exact) mass is 269 g/mol. The molecule has 0 aliphatic heterocycles. The summed E-state index contributed by atoms with van der Waals surface area (Å²) in [6.07, 6.45) is 0.402. The van der Waals surface area contributed by atoms with Crippen molar-refractivity contribution in [3.8, 4) is 0 Å². The van der Waals surface area contributed by atoms with E-state index in [0.717, 1.165) is 4.88 Å². The summed E-state index contributed by atoms with van der Waals surface area (Å²) in [5.74, 6) is -0.518. The third-order valence-corrected chi connectivity index (χ3v) is 3.61. The number of hydrogen-bond donors (Lipinski definition) is 0. The average Bonchev–Trinajstić information content (AvgIpc) is 2.87. The van der Waals surface area contributed by atoms with Crippen molar-refractivity contribution in [1.29, 1.82) is 0 Å². The molecule has 1 aromatic heterocycles. The quantitative estimate of drug-likeness (QED) is 0.742. The summed E-state index contributed by atoms with van der Waals surface area (Å²) in [5, 5.41) is 1.95. The second kappa shape index (κ2) is 7.16. The Labute approximate surface area is 112 Å². The van der Waals surface area contributed by atoms with Gasteiger partial charge in [-0.1, -0.05) is 13.0 Å². The van der Waals surface area contributed by atoms with E-state index >= 15 is 0 Å². The molecule has 0 bridgehead atoms. The second-order valence-corrected chi connectivity index (χ2v) is 5.14. The maximum Gasteiger partial charge on any atom is 0.310 e. The number of nitrogens with zero attached hydrogens (tertiary/aromatic N) is 1. The highest BCUT2D eigenvalue weighted by molar-refractivity contribution is 7.10. The third kappa shape index (κ3) is 4.14. The minimum atomic E-state index is -0.290. The topological polar surface area (TPSA) is 46.6 Å². The van der Waals surface area contributed by atoms with Crippen LogP contribution < -0.4 is 0 Å². The predicted octanol–water partition coefficient (Wildman–Crippen LogP) is 1.95. The number of methoxy groups -OCH3 is 1. The van der Waals surface area contributed by atoms with Crippen LogP contribution in [0.3, 0.4) is 0 Å². The highest BCUT2D eigenvalue weighted by atomic mass is 32.1. The fourth-order valence-electron chi connectivity index (χ4n) is 1.69. The minimum absolute atomic E-state index is 0.0516. The zero-order valence-electron chi connectivity index (χ0n) is 11.0. The van der Waals surface area contributed by atoms with Crippen LogP contribution in [0.1, 0.15) is 18.7 Å². The zero-order chi connectivity index (χ0) is 13.5. The molecule has 5 heteroatoms. The van der Waals surface area contributed by atoms with Gasteiger partial charge in [-0.2, -0.15) is 0 Å². The summed E-state index contributed by atoms with van der Waals surface area (Å²) < 4.78 is 4.67. The van der Waals surface area contributed by atoms with Crippen LogP contribution in [0.15, 0.2) is 17.5 Å². The number of rotatable bonds is 6. The number of carbonyl (C=O) groups is 2. The molecule has 100 valence electrons. The van der Waals surface area contributed by atoms with Gasteiger partial charge in [0.05, 0.1) is 19.4 Å². The molecule has 0 N–H and O–H groups in total. The van der Waals surface area contributed by atoms with Gasteiger partial charge in [0, 0.05) is 18.0 Å². The van der Waals surface area contributed by atoms with E-state index in [9.17, 15) is 9.59 Å². The van der Waals surface area contributed by atoms with E-state index < -0.39 is 0 Å².